The lowest BCUT2D eigenvalue weighted by atomic mass is 9.82. The molecule has 23 heteroatoms. The average Bonchev–Trinajstić information content (AvgIpc) is 1.54. The standard InChI is InChI=1S/C39H46FN7O4S.C30H30FN7O.ClH/c1-25-20-33(47(45-25)30-12-8-10-27(21-30)24-42-36(49)51-37(2,3)4)35(48)44-32-22-28(16-17-31(32)40)39(19-18-26-14-15-26,46-52(50)38(5,6)7)34-13-9-11-29(23-41)43-34;1-19-14-27(38(37-19)24-6-2-4-21(15-24)17-32)29(39)36-26-16-22(10-11-25(26)31)30(34,13-12-20-8-9-20)28-7-3-5-23(18-33)35-28;/h8-13,16-17,20-22,26,46H,14-15,18-19,24H2,1-7H3,(H,42,49)(H,44,48);2-7,10-11,14-16,20H,8-9,12-13,17,32,34H2,1H3,(H,36,39);1H/t39?,52-;;/m1../s1. The molecular formula is C69H77ClF2N14O5S. The maximum Gasteiger partial charge on any atom is 0.407 e. The van der Waals surface area contributed by atoms with Crippen molar-refractivity contribution in [3.05, 3.63) is 213 Å². The lowest BCUT2D eigenvalue weighted by Crippen LogP contribution is -2.49. The number of alkyl carbamates (subject to hydrolysis) is 1. The molecule has 0 saturated heterocycles. The normalized spacial score (nSPS) is 14.5. The van der Waals surface area contributed by atoms with Gasteiger partial charge in [0, 0.05) is 13.1 Å². The maximum absolute atomic E-state index is 15.6. The van der Waals surface area contributed by atoms with Gasteiger partial charge in [0.1, 0.15) is 52.1 Å². The zero-order valence-corrected chi connectivity index (χ0v) is 54.4. The number of pyridine rings is 2. The lowest BCUT2D eigenvalue weighted by Gasteiger charge is -2.37. The molecule has 2 unspecified atom stereocenters. The minimum atomic E-state index is -1.59. The van der Waals surface area contributed by atoms with E-state index in [0.717, 1.165) is 49.7 Å². The molecule has 2 aliphatic rings. The van der Waals surface area contributed by atoms with Gasteiger partial charge in [0.2, 0.25) is 0 Å². The van der Waals surface area contributed by atoms with Gasteiger partial charge in [-0.25, -0.2) is 41.8 Å². The first-order valence-electron chi connectivity index (χ1n) is 30.2. The second-order valence-corrected chi connectivity index (χ2v) is 27.2. The summed E-state index contributed by atoms with van der Waals surface area (Å²) in [5.74, 6) is -1.28. The summed E-state index contributed by atoms with van der Waals surface area (Å²) in [7, 11) is -1.59. The highest BCUT2D eigenvalue weighted by Crippen LogP contribution is 2.43. The Balaban J connectivity index is 0.000000243. The van der Waals surface area contributed by atoms with E-state index in [2.05, 4.69) is 53.0 Å². The van der Waals surface area contributed by atoms with Gasteiger partial charge in [-0.05, 0) is 200 Å². The number of amides is 3. The van der Waals surface area contributed by atoms with Gasteiger partial charge in [-0.1, -0.05) is 74.2 Å². The summed E-state index contributed by atoms with van der Waals surface area (Å²) >= 11 is 0. The van der Waals surface area contributed by atoms with Crippen LogP contribution in [0.15, 0.2) is 133 Å². The largest absolute Gasteiger partial charge is 0.444 e. The predicted molar refractivity (Wildman–Crippen MR) is 352 cm³/mol. The number of ether oxygens (including phenoxy) is 1. The summed E-state index contributed by atoms with van der Waals surface area (Å²) < 4.78 is 55.5. The van der Waals surface area contributed by atoms with Crippen LogP contribution in [0.25, 0.3) is 11.4 Å². The number of nitriles is 2. The first-order chi connectivity index (χ1) is 43.3. The first-order valence-corrected chi connectivity index (χ1v) is 31.4. The van der Waals surface area contributed by atoms with Crippen LogP contribution in [0.2, 0.25) is 0 Å². The highest BCUT2D eigenvalue weighted by molar-refractivity contribution is 7.84. The van der Waals surface area contributed by atoms with Crippen LogP contribution in [0.3, 0.4) is 0 Å². The molecule has 8 N–H and O–H groups in total. The van der Waals surface area contributed by atoms with E-state index in [-0.39, 0.29) is 53.1 Å². The number of carbonyl (C=O) groups excluding carboxylic acids is 3. The smallest absolute Gasteiger partial charge is 0.407 e. The van der Waals surface area contributed by atoms with E-state index < -0.39 is 62.0 Å². The number of rotatable bonds is 21. The Morgan fingerprint density at radius 1 is 0.652 bits per heavy atom. The number of nitrogens with zero attached hydrogens (tertiary/aromatic N) is 8. The monoisotopic (exact) mass is 1290 g/mol. The van der Waals surface area contributed by atoms with E-state index in [4.69, 9.17) is 16.2 Å². The molecule has 2 fully saturated rings. The molecule has 4 heterocycles. The van der Waals surface area contributed by atoms with Crippen LogP contribution in [0, 0.1) is 60.0 Å². The molecule has 3 amide bonds. The Morgan fingerprint density at radius 2 is 1.13 bits per heavy atom. The van der Waals surface area contributed by atoms with E-state index >= 15 is 8.78 Å². The molecule has 8 aromatic rings. The molecule has 2 aliphatic carbocycles. The Bertz CT molecular complexity index is 4120. The van der Waals surface area contributed by atoms with Gasteiger partial charge in [-0.3, -0.25) is 9.59 Å². The Morgan fingerprint density at radius 3 is 1.64 bits per heavy atom. The van der Waals surface area contributed by atoms with Crippen molar-refractivity contribution in [2.24, 2.45) is 23.3 Å². The van der Waals surface area contributed by atoms with E-state index in [1.54, 1.807) is 126 Å². The van der Waals surface area contributed by atoms with Gasteiger partial charge in [0.15, 0.2) is 0 Å². The summed E-state index contributed by atoms with van der Waals surface area (Å²) in [4.78, 5) is 48.7. The zero-order chi connectivity index (χ0) is 65.4. The minimum Gasteiger partial charge on any atom is -0.444 e. The number of carbonyl (C=O) groups is 3. The van der Waals surface area contributed by atoms with E-state index in [0.29, 0.717) is 76.5 Å². The van der Waals surface area contributed by atoms with Gasteiger partial charge >= 0.3 is 6.09 Å². The van der Waals surface area contributed by atoms with Crippen molar-refractivity contribution < 1.29 is 32.1 Å². The highest BCUT2D eigenvalue weighted by Gasteiger charge is 2.42. The Labute approximate surface area is 543 Å². The Kier molecular flexibility index (Phi) is 21.8. The molecule has 4 aromatic heterocycles. The van der Waals surface area contributed by atoms with Crippen LogP contribution in [0.5, 0.6) is 0 Å². The molecule has 0 radical (unpaired) electrons. The number of anilines is 2. The van der Waals surface area contributed by atoms with Crippen LogP contribution in [0.1, 0.15) is 170 Å². The molecule has 4 aromatic carbocycles. The molecule has 2 saturated carbocycles. The summed E-state index contributed by atoms with van der Waals surface area (Å²) in [5, 5.41) is 36.3. The summed E-state index contributed by atoms with van der Waals surface area (Å²) in [6.07, 6.45) is 6.66. The van der Waals surface area contributed by atoms with Crippen molar-refractivity contribution in [2.75, 3.05) is 10.6 Å². The number of hydrogen-bond donors (Lipinski definition) is 6. The zero-order valence-electron chi connectivity index (χ0n) is 52.8. The fraction of sp³-hybridized carbons (Fsp3) is 0.348. The van der Waals surface area contributed by atoms with Crippen LogP contribution in [-0.2, 0) is 39.9 Å². The van der Waals surface area contributed by atoms with Crippen molar-refractivity contribution in [1.29, 1.82) is 10.5 Å². The second kappa shape index (κ2) is 29.1. The van der Waals surface area contributed by atoms with Crippen molar-refractivity contribution in [3.63, 3.8) is 0 Å². The molecule has 480 valence electrons. The topological polar surface area (TPSA) is 287 Å². The van der Waals surface area contributed by atoms with Crippen molar-refractivity contribution >= 4 is 52.7 Å². The SMILES string of the molecule is Cc1cc(C(=O)Nc2cc(C(CCC3CC3)(N[S@](=O)C(C)(C)C)c3cccc(C#N)n3)ccc2F)n(-c2cccc(CNC(=O)OC(C)(C)C)c2)n1.Cc1cc(C(=O)Nc2cc(C(N)(CCC3CC3)c3cccc(C#N)n3)ccc2F)n(-c2cccc(CN)c2)n1.Cl. The van der Waals surface area contributed by atoms with Gasteiger partial charge in [-0.15, -0.1) is 12.4 Å². The fourth-order valence-corrected chi connectivity index (χ4v) is 11.4. The molecule has 3 atom stereocenters. The molecule has 92 heavy (non-hydrogen) atoms. The molecular weight excluding hydrogens is 1210 g/mol. The number of halogens is 3. The van der Waals surface area contributed by atoms with Crippen molar-refractivity contribution in [3.8, 4) is 23.5 Å². The fourth-order valence-electron chi connectivity index (χ4n) is 10.4. The van der Waals surface area contributed by atoms with Crippen molar-refractivity contribution in [1.82, 2.24) is 39.6 Å². The number of hydrogen-bond acceptors (Lipinski definition) is 13. The molecule has 0 aliphatic heterocycles. The minimum absolute atomic E-state index is 0. The second-order valence-electron chi connectivity index (χ2n) is 25.2. The number of nitrogens with one attached hydrogen (secondary N) is 4. The number of aryl methyl sites for hydroxylation is 2. The summed E-state index contributed by atoms with van der Waals surface area (Å²) in [6.45, 7) is 15.0. The molecule has 0 spiro atoms. The van der Waals surface area contributed by atoms with E-state index in [9.17, 15) is 29.1 Å². The number of aromatic nitrogens is 6. The third-order valence-electron chi connectivity index (χ3n) is 15.7. The molecule has 19 nitrogen and oxygen atoms in total. The third-order valence-corrected chi connectivity index (χ3v) is 17.3. The first kappa shape index (κ1) is 68.9. The Hall–Kier alpha value is -9.03. The quantitative estimate of drug-likeness (QED) is 0.0391. The highest BCUT2D eigenvalue weighted by atomic mass is 35.5. The van der Waals surface area contributed by atoms with E-state index in [1.165, 1.54) is 21.5 Å². The lowest BCUT2D eigenvalue weighted by molar-refractivity contribution is 0.0523. The van der Waals surface area contributed by atoms with Gasteiger partial charge < -0.3 is 32.2 Å². The number of nitrogens with two attached hydrogens (primary N) is 2. The molecule has 10 rings (SSSR count). The average molecular weight is 1290 g/mol. The summed E-state index contributed by atoms with van der Waals surface area (Å²) in [6, 6.07) is 41.2. The van der Waals surface area contributed by atoms with Crippen LogP contribution in [0.4, 0.5) is 25.0 Å². The number of benzene rings is 4. The van der Waals surface area contributed by atoms with Crippen LogP contribution < -0.4 is 32.1 Å². The van der Waals surface area contributed by atoms with Crippen LogP contribution in [-0.4, -0.2) is 62.0 Å². The van der Waals surface area contributed by atoms with Crippen molar-refractivity contribution in [2.45, 2.75) is 141 Å². The van der Waals surface area contributed by atoms with Gasteiger partial charge in [0.05, 0.1) is 72.3 Å². The van der Waals surface area contributed by atoms with E-state index in [1.807, 2.05) is 51.1 Å². The van der Waals surface area contributed by atoms with Gasteiger partial charge in [-0.2, -0.15) is 20.7 Å². The van der Waals surface area contributed by atoms with Gasteiger partial charge in [0.25, 0.3) is 11.8 Å². The molecule has 0 bridgehead atoms. The van der Waals surface area contributed by atoms with Crippen LogP contribution >= 0.6 is 12.4 Å². The summed E-state index contributed by atoms with van der Waals surface area (Å²) in [5.41, 5.74) is 16.9. The third kappa shape index (κ3) is 17.1. The predicted octanol–water partition coefficient (Wildman–Crippen LogP) is 12.5. The maximum atomic E-state index is 15.6.